The second-order valence-corrected chi connectivity index (χ2v) is 9.24. The minimum atomic E-state index is -3.95. The average Bonchev–Trinajstić information content (AvgIpc) is 3.28. The molecule has 1 fully saturated rings. The number of amidine groups is 1. The fourth-order valence-corrected chi connectivity index (χ4v) is 5.46. The molecule has 3 rings (SSSR count). The highest BCUT2D eigenvalue weighted by molar-refractivity contribution is 8.19. The standard InChI is InChI=1S/C17H13N3O5S3/c1-2-8-19-16(21)14(11-12-5-3-6-13(10-12)20(22)23)27-17(19)18-28(24,25)15-7-4-9-26-15/h2-7,9-11H,1,8H2. The number of nitro groups is 1. The van der Waals surface area contributed by atoms with Crippen LogP contribution in [0, 0.1) is 10.1 Å². The third kappa shape index (κ3) is 4.21. The van der Waals surface area contributed by atoms with Gasteiger partial charge in [0, 0.05) is 18.7 Å². The molecule has 144 valence electrons. The monoisotopic (exact) mass is 435 g/mol. The van der Waals surface area contributed by atoms with E-state index in [9.17, 15) is 23.3 Å². The van der Waals surface area contributed by atoms with Crippen molar-refractivity contribution in [3.63, 3.8) is 0 Å². The predicted octanol–water partition coefficient (Wildman–Crippen LogP) is 3.50. The van der Waals surface area contributed by atoms with E-state index in [0.29, 0.717) is 5.56 Å². The summed E-state index contributed by atoms with van der Waals surface area (Å²) >= 11 is 1.93. The number of amides is 1. The lowest BCUT2D eigenvalue weighted by atomic mass is 10.2. The fourth-order valence-electron chi connectivity index (χ4n) is 2.30. The molecule has 11 heteroatoms. The molecule has 8 nitrogen and oxygen atoms in total. The van der Waals surface area contributed by atoms with E-state index in [1.807, 2.05) is 0 Å². The number of nitrogens with zero attached hydrogens (tertiary/aromatic N) is 3. The molecular formula is C17H13N3O5S3. The molecule has 0 aliphatic carbocycles. The summed E-state index contributed by atoms with van der Waals surface area (Å²) in [6.45, 7) is 3.66. The molecule has 1 aromatic heterocycles. The lowest BCUT2D eigenvalue weighted by Crippen LogP contribution is -2.29. The van der Waals surface area contributed by atoms with Crippen LogP contribution < -0.4 is 0 Å². The van der Waals surface area contributed by atoms with Gasteiger partial charge in [0.25, 0.3) is 21.6 Å². The molecule has 1 amide bonds. The van der Waals surface area contributed by atoms with Crippen LogP contribution in [0.4, 0.5) is 5.69 Å². The molecule has 0 N–H and O–H groups in total. The molecule has 28 heavy (non-hydrogen) atoms. The van der Waals surface area contributed by atoms with Crippen molar-refractivity contribution in [1.29, 1.82) is 0 Å². The zero-order chi connectivity index (χ0) is 20.3. The van der Waals surface area contributed by atoms with Crippen molar-refractivity contribution in [3.05, 3.63) is 75.0 Å². The lowest BCUT2D eigenvalue weighted by molar-refractivity contribution is -0.384. The van der Waals surface area contributed by atoms with Crippen molar-refractivity contribution in [2.24, 2.45) is 4.40 Å². The number of thiophene rings is 1. The first kappa shape index (κ1) is 20.0. The average molecular weight is 436 g/mol. The number of thioether (sulfide) groups is 1. The van der Waals surface area contributed by atoms with Crippen molar-refractivity contribution >= 4 is 56.0 Å². The van der Waals surface area contributed by atoms with Gasteiger partial charge in [-0.05, 0) is 34.8 Å². The number of benzene rings is 1. The topological polar surface area (TPSA) is 110 Å². The van der Waals surface area contributed by atoms with Crippen LogP contribution in [0.2, 0.25) is 0 Å². The second-order valence-electron chi connectivity index (χ2n) is 5.45. The molecule has 2 heterocycles. The number of non-ortho nitro benzene ring substituents is 1. The molecule has 0 radical (unpaired) electrons. The fraction of sp³-hybridized carbons (Fsp3) is 0.0588. The minimum Gasteiger partial charge on any atom is -0.282 e. The Hall–Kier alpha value is -2.76. The number of nitro benzene ring substituents is 1. The van der Waals surface area contributed by atoms with Gasteiger partial charge in [0.15, 0.2) is 5.17 Å². The van der Waals surface area contributed by atoms with Crippen LogP contribution in [0.5, 0.6) is 0 Å². The molecule has 1 aliphatic heterocycles. The Morgan fingerprint density at radius 2 is 2.07 bits per heavy atom. The first-order valence-corrected chi connectivity index (χ1v) is 10.9. The zero-order valence-corrected chi connectivity index (χ0v) is 16.7. The number of hydrogen-bond acceptors (Lipinski definition) is 7. The van der Waals surface area contributed by atoms with Gasteiger partial charge in [-0.2, -0.15) is 8.42 Å². The summed E-state index contributed by atoms with van der Waals surface area (Å²) in [7, 11) is -3.95. The molecule has 0 saturated carbocycles. The van der Waals surface area contributed by atoms with E-state index in [0.717, 1.165) is 23.1 Å². The molecule has 0 atom stereocenters. The first-order valence-electron chi connectivity index (χ1n) is 7.77. The van der Waals surface area contributed by atoms with Crippen LogP contribution in [0.15, 0.2) is 67.9 Å². The Balaban J connectivity index is 1.99. The van der Waals surface area contributed by atoms with Gasteiger partial charge >= 0.3 is 0 Å². The Kier molecular flexibility index (Phi) is 5.77. The van der Waals surface area contributed by atoms with Crippen LogP contribution >= 0.6 is 23.1 Å². The maximum Gasteiger partial charge on any atom is 0.294 e. The molecule has 1 saturated heterocycles. The predicted molar refractivity (Wildman–Crippen MR) is 110 cm³/mol. The van der Waals surface area contributed by atoms with Crippen LogP contribution in [-0.2, 0) is 14.8 Å². The van der Waals surface area contributed by atoms with E-state index >= 15 is 0 Å². The summed E-state index contributed by atoms with van der Waals surface area (Å²) < 4.78 is 28.8. The second kappa shape index (κ2) is 8.09. The van der Waals surface area contributed by atoms with E-state index < -0.39 is 20.9 Å². The van der Waals surface area contributed by atoms with Crippen molar-refractivity contribution in [2.75, 3.05) is 6.54 Å². The Morgan fingerprint density at radius 3 is 2.71 bits per heavy atom. The highest BCUT2D eigenvalue weighted by atomic mass is 32.2. The van der Waals surface area contributed by atoms with Crippen molar-refractivity contribution < 1.29 is 18.1 Å². The van der Waals surface area contributed by atoms with E-state index in [1.165, 1.54) is 41.3 Å². The summed E-state index contributed by atoms with van der Waals surface area (Å²) in [4.78, 5) is 24.5. The highest BCUT2D eigenvalue weighted by Gasteiger charge is 2.34. The van der Waals surface area contributed by atoms with Gasteiger partial charge in [0.1, 0.15) is 4.21 Å². The summed E-state index contributed by atoms with van der Waals surface area (Å²) in [5.74, 6) is -0.448. The van der Waals surface area contributed by atoms with Crippen molar-refractivity contribution in [3.8, 4) is 0 Å². The van der Waals surface area contributed by atoms with E-state index in [2.05, 4.69) is 11.0 Å². The molecule has 1 aromatic carbocycles. The maximum absolute atomic E-state index is 12.7. The number of carbonyl (C=O) groups is 1. The molecule has 1 aliphatic rings. The Bertz CT molecular complexity index is 1100. The smallest absolute Gasteiger partial charge is 0.282 e. The van der Waals surface area contributed by atoms with Gasteiger partial charge in [-0.15, -0.1) is 22.3 Å². The zero-order valence-electron chi connectivity index (χ0n) is 14.2. The summed E-state index contributed by atoms with van der Waals surface area (Å²) in [6, 6.07) is 8.82. The molecule has 0 bridgehead atoms. The first-order chi connectivity index (χ1) is 13.3. The Labute approximate surface area is 169 Å². The lowest BCUT2D eigenvalue weighted by Gasteiger charge is -2.12. The number of carbonyl (C=O) groups excluding carboxylic acids is 1. The van der Waals surface area contributed by atoms with Crippen LogP contribution in [-0.4, -0.2) is 35.9 Å². The summed E-state index contributed by atoms with van der Waals surface area (Å²) in [5, 5.41) is 12.6. The third-order valence-corrected chi connectivity index (χ3v) is 7.29. The van der Waals surface area contributed by atoms with Gasteiger partial charge in [0.2, 0.25) is 0 Å². The van der Waals surface area contributed by atoms with Crippen molar-refractivity contribution in [1.82, 2.24) is 4.90 Å². The quantitative estimate of drug-likeness (QED) is 0.297. The van der Waals surface area contributed by atoms with E-state index in [4.69, 9.17) is 0 Å². The van der Waals surface area contributed by atoms with Gasteiger partial charge in [-0.3, -0.25) is 19.8 Å². The molecule has 0 unspecified atom stereocenters. The van der Waals surface area contributed by atoms with Crippen LogP contribution in [0.1, 0.15) is 5.56 Å². The van der Waals surface area contributed by atoms with Crippen LogP contribution in [0.3, 0.4) is 0 Å². The van der Waals surface area contributed by atoms with Gasteiger partial charge in [-0.25, -0.2) is 0 Å². The minimum absolute atomic E-state index is 0.00924. The summed E-state index contributed by atoms with van der Waals surface area (Å²) in [6.07, 6.45) is 2.93. The van der Waals surface area contributed by atoms with Gasteiger partial charge in [-0.1, -0.05) is 24.3 Å². The van der Waals surface area contributed by atoms with Gasteiger partial charge < -0.3 is 0 Å². The molecule has 2 aromatic rings. The number of rotatable bonds is 6. The number of hydrogen-bond donors (Lipinski definition) is 0. The SMILES string of the molecule is C=CCN1C(=O)C(=Cc2cccc([N+](=O)[O-])c2)SC1=NS(=O)(=O)c1cccs1. The third-order valence-electron chi connectivity index (χ3n) is 3.53. The van der Waals surface area contributed by atoms with Crippen LogP contribution in [0.25, 0.3) is 6.08 Å². The Morgan fingerprint density at radius 1 is 1.29 bits per heavy atom. The highest BCUT2D eigenvalue weighted by Crippen LogP contribution is 2.34. The normalized spacial score (nSPS) is 17.4. The summed E-state index contributed by atoms with van der Waals surface area (Å²) in [5.41, 5.74) is 0.341. The largest absolute Gasteiger partial charge is 0.294 e. The number of sulfonamides is 1. The van der Waals surface area contributed by atoms with Crippen molar-refractivity contribution in [2.45, 2.75) is 4.21 Å². The molecule has 0 spiro atoms. The van der Waals surface area contributed by atoms with E-state index in [1.54, 1.807) is 17.5 Å². The van der Waals surface area contributed by atoms with E-state index in [-0.39, 0.29) is 26.5 Å². The van der Waals surface area contributed by atoms with Gasteiger partial charge in [0.05, 0.1) is 9.83 Å². The maximum atomic E-state index is 12.7. The molecular weight excluding hydrogens is 422 g/mol.